The fourth-order valence-corrected chi connectivity index (χ4v) is 3.58. The van der Waals surface area contributed by atoms with Crippen molar-refractivity contribution in [2.45, 2.75) is 6.92 Å². The van der Waals surface area contributed by atoms with E-state index in [1.54, 1.807) is 29.8 Å². The monoisotopic (exact) mass is 369 g/mol. The summed E-state index contributed by atoms with van der Waals surface area (Å²) in [5.74, 6) is 0.833. The zero-order valence-corrected chi connectivity index (χ0v) is 15.8. The zero-order chi connectivity index (χ0) is 17.6. The van der Waals surface area contributed by atoms with E-state index >= 15 is 0 Å². The fraction of sp³-hybridized carbons (Fsp3) is 0.158. The van der Waals surface area contributed by atoms with Gasteiger partial charge in [0.05, 0.1) is 25.6 Å². The molecule has 3 rings (SSSR count). The number of thiazole rings is 1. The standard InChI is InChI=1S/C19H19N3OS2/c1-14(2)11-20-19-22(21-12-17-5-4-10-24-17)18(13-25-19)15-6-8-16(23-3)9-7-15/h4-10,12-13H,1,11H2,2-3H3. The lowest BCUT2D eigenvalue weighted by Crippen LogP contribution is -2.12. The van der Waals surface area contributed by atoms with Crippen LogP contribution in [0.1, 0.15) is 11.8 Å². The van der Waals surface area contributed by atoms with Crippen molar-refractivity contribution < 1.29 is 4.74 Å². The maximum absolute atomic E-state index is 5.24. The van der Waals surface area contributed by atoms with E-state index < -0.39 is 0 Å². The molecule has 0 unspecified atom stereocenters. The molecule has 1 aromatic carbocycles. The van der Waals surface area contributed by atoms with Crippen molar-refractivity contribution in [3.8, 4) is 17.0 Å². The van der Waals surface area contributed by atoms with E-state index in [1.807, 2.05) is 59.6 Å². The average Bonchev–Trinajstić information content (AvgIpc) is 3.27. The lowest BCUT2D eigenvalue weighted by molar-refractivity contribution is 0.415. The van der Waals surface area contributed by atoms with Crippen LogP contribution < -0.4 is 9.54 Å². The SMILES string of the molecule is C=C(C)CN=c1scc(-c2ccc(OC)cc2)n1N=Cc1cccs1. The van der Waals surface area contributed by atoms with Crippen molar-refractivity contribution in [3.63, 3.8) is 0 Å². The second-order valence-corrected chi connectivity index (χ2v) is 7.29. The van der Waals surface area contributed by atoms with Crippen molar-refractivity contribution in [2.24, 2.45) is 10.1 Å². The lowest BCUT2D eigenvalue weighted by atomic mass is 10.2. The molecule has 0 radical (unpaired) electrons. The molecule has 0 atom stereocenters. The number of thiophene rings is 1. The van der Waals surface area contributed by atoms with E-state index in [9.17, 15) is 0 Å². The molecular weight excluding hydrogens is 350 g/mol. The van der Waals surface area contributed by atoms with Crippen molar-refractivity contribution in [1.29, 1.82) is 0 Å². The lowest BCUT2D eigenvalue weighted by Gasteiger charge is -2.05. The molecule has 0 aliphatic rings. The molecule has 6 heteroatoms. The first kappa shape index (κ1) is 17.4. The minimum absolute atomic E-state index is 0.594. The molecule has 0 N–H and O–H groups in total. The van der Waals surface area contributed by atoms with Crippen LogP contribution in [-0.2, 0) is 0 Å². The Labute approximate surface area is 155 Å². The Morgan fingerprint density at radius 2 is 2.04 bits per heavy atom. The molecule has 2 heterocycles. The number of benzene rings is 1. The fourth-order valence-electron chi connectivity index (χ4n) is 2.16. The van der Waals surface area contributed by atoms with E-state index in [-0.39, 0.29) is 0 Å². The molecule has 2 aromatic heterocycles. The van der Waals surface area contributed by atoms with Crippen LogP contribution in [0.4, 0.5) is 0 Å². The van der Waals surface area contributed by atoms with Gasteiger partial charge >= 0.3 is 0 Å². The third-order valence-corrected chi connectivity index (χ3v) is 5.06. The predicted octanol–water partition coefficient (Wildman–Crippen LogP) is 4.65. The highest BCUT2D eigenvalue weighted by Crippen LogP contribution is 2.23. The summed E-state index contributed by atoms with van der Waals surface area (Å²) in [5.41, 5.74) is 3.09. The molecule has 0 fully saturated rings. The number of hydrogen-bond donors (Lipinski definition) is 0. The third-order valence-electron chi connectivity index (χ3n) is 3.40. The molecule has 128 valence electrons. The second kappa shape index (κ2) is 8.09. The summed E-state index contributed by atoms with van der Waals surface area (Å²) >= 11 is 3.23. The van der Waals surface area contributed by atoms with Crippen molar-refractivity contribution in [1.82, 2.24) is 4.68 Å². The Kier molecular flexibility index (Phi) is 5.63. The zero-order valence-electron chi connectivity index (χ0n) is 14.2. The van der Waals surface area contributed by atoms with Gasteiger partial charge in [-0.15, -0.1) is 22.7 Å². The van der Waals surface area contributed by atoms with Gasteiger partial charge in [-0.05, 0) is 42.6 Å². The smallest absolute Gasteiger partial charge is 0.206 e. The van der Waals surface area contributed by atoms with Crippen molar-refractivity contribution in [3.05, 3.63) is 69.0 Å². The van der Waals surface area contributed by atoms with E-state index in [0.717, 1.165) is 32.3 Å². The molecule has 0 amide bonds. The Hall–Kier alpha value is -2.44. The molecule has 0 aliphatic heterocycles. The van der Waals surface area contributed by atoms with Crippen LogP contribution in [-0.4, -0.2) is 24.5 Å². The Morgan fingerprint density at radius 1 is 1.24 bits per heavy atom. The highest BCUT2D eigenvalue weighted by molar-refractivity contribution is 7.11. The van der Waals surface area contributed by atoms with Crippen LogP contribution in [0.25, 0.3) is 11.3 Å². The Bertz CT molecular complexity index is 932. The van der Waals surface area contributed by atoms with Gasteiger partial charge in [0, 0.05) is 15.8 Å². The maximum Gasteiger partial charge on any atom is 0.206 e. The molecular formula is C19H19N3OS2. The third kappa shape index (κ3) is 4.35. The summed E-state index contributed by atoms with van der Waals surface area (Å²) in [6.45, 7) is 6.49. The van der Waals surface area contributed by atoms with Gasteiger partial charge in [-0.1, -0.05) is 18.2 Å². The topological polar surface area (TPSA) is 38.9 Å². The maximum atomic E-state index is 5.24. The number of nitrogens with zero attached hydrogens (tertiary/aromatic N) is 3. The molecule has 4 nitrogen and oxygen atoms in total. The quantitative estimate of drug-likeness (QED) is 0.461. The number of rotatable bonds is 6. The number of methoxy groups -OCH3 is 1. The van der Waals surface area contributed by atoms with Crippen LogP contribution >= 0.6 is 22.7 Å². The minimum atomic E-state index is 0.594. The molecule has 0 saturated heterocycles. The van der Waals surface area contributed by atoms with E-state index in [4.69, 9.17) is 4.74 Å². The number of hydrogen-bond acceptors (Lipinski definition) is 5. The predicted molar refractivity (Wildman–Crippen MR) is 107 cm³/mol. The molecule has 0 bridgehead atoms. The van der Waals surface area contributed by atoms with Gasteiger partial charge in [0.15, 0.2) is 0 Å². The molecule has 0 saturated carbocycles. The van der Waals surface area contributed by atoms with Gasteiger partial charge in [-0.3, -0.25) is 4.99 Å². The summed E-state index contributed by atoms with van der Waals surface area (Å²) < 4.78 is 7.13. The molecule has 3 aromatic rings. The molecule has 0 aliphatic carbocycles. The largest absolute Gasteiger partial charge is 0.497 e. The number of ether oxygens (including phenoxy) is 1. The highest BCUT2D eigenvalue weighted by atomic mass is 32.1. The average molecular weight is 370 g/mol. The second-order valence-electron chi connectivity index (χ2n) is 5.48. The Balaban J connectivity index is 2.04. The van der Waals surface area contributed by atoms with E-state index in [0.29, 0.717) is 6.54 Å². The van der Waals surface area contributed by atoms with Gasteiger partial charge < -0.3 is 4.74 Å². The first-order valence-electron chi connectivity index (χ1n) is 7.75. The van der Waals surface area contributed by atoms with Crippen LogP contribution in [0.3, 0.4) is 0 Å². The van der Waals surface area contributed by atoms with Gasteiger partial charge in [-0.25, -0.2) is 4.68 Å². The van der Waals surface area contributed by atoms with Crippen LogP contribution in [0, 0.1) is 0 Å². The molecule has 25 heavy (non-hydrogen) atoms. The summed E-state index contributed by atoms with van der Waals surface area (Å²) in [7, 11) is 1.67. The first-order valence-corrected chi connectivity index (χ1v) is 9.51. The minimum Gasteiger partial charge on any atom is -0.497 e. The van der Waals surface area contributed by atoms with E-state index in [1.165, 1.54) is 0 Å². The summed E-state index contributed by atoms with van der Waals surface area (Å²) in [6, 6.07) is 12.0. The molecule has 0 spiro atoms. The van der Waals surface area contributed by atoms with Gasteiger partial charge in [0.2, 0.25) is 4.80 Å². The van der Waals surface area contributed by atoms with Crippen LogP contribution in [0.5, 0.6) is 5.75 Å². The van der Waals surface area contributed by atoms with Crippen molar-refractivity contribution >= 4 is 28.9 Å². The number of aromatic nitrogens is 1. The Morgan fingerprint density at radius 3 is 2.68 bits per heavy atom. The van der Waals surface area contributed by atoms with E-state index in [2.05, 4.69) is 22.1 Å². The first-order chi connectivity index (χ1) is 12.2. The summed E-state index contributed by atoms with van der Waals surface area (Å²) in [4.78, 5) is 6.58. The summed E-state index contributed by atoms with van der Waals surface area (Å²) in [5, 5.41) is 8.78. The van der Waals surface area contributed by atoms with Gasteiger partial charge in [-0.2, -0.15) is 5.10 Å². The van der Waals surface area contributed by atoms with Crippen LogP contribution in [0.2, 0.25) is 0 Å². The van der Waals surface area contributed by atoms with Crippen molar-refractivity contribution in [2.75, 3.05) is 13.7 Å². The summed E-state index contributed by atoms with van der Waals surface area (Å²) in [6.07, 6.45) is 1.87. The van der Waals surface area contributed by atoms with Crippen LogP contribution in [0.15, 0.2) is 69.4 Å². The normalized spacial score (nSPS) is 12.0. The highest BCUT2D eigenvalue weighted by Gasteiger charge is 2.08. The van der Waals surface area contributed by atoms with Gasteiger partial charge in [0.25, 0.3) is 0 Å². The van der Waals surface area contributed by atoms with Gasteiger partial charge in [0.1, 0.15) is 5.75 Å².